The summed E-state index contributed by atoms with van der Waals surface area (Å²) >= 11 is 1.78. The number of amidine groups is 1. The molecule has 186 valence electrons. The lowest BCUT2D eigenvalue weighted by Gasteiger charge is -2.26. The first-order valence-corrected chi connectivity index (χ1v) is 13.2. The largest absolute Gasteiger partial charge is 0.379 e. The van der Waals surface area contributed by atoms with Crippen LogP contribution in [0.3, 0.4) is 0 Å². The quantitative estimate of drug-likeness (QED) is 0.646. The van der Waals surface area contributed by atoms with Gasteiger partial charge in [0, 0.05) is 48.6 Å². The molecule has 1 saturated heterocycles. The Morgan fingerprint density at radius 3 is 2.69 bits per heavy atom. The summed E-state index contributed by atoms with van der Waals surface area (Å²) in [6.07, 6.45) is 0.492. The van der Waals surface area contributed by atoms with E-state index in [0.29, 0.717) is 13.0 Å². The van der Waals surface area contributed by atoms with Crippen molar-refractivity contribution in [2.24, 2.45) is 10.1 Å². The zero-order valence-corrected chi connectivity index (χ0v) is 21.7. The lowest BCUT2D eigenvalue weighted by molar-refractivity contribution is -0.121. The van der Waals surface area contributed by atoms with Crippen LogP contribution in [0, 0.1) is 20.8 Å². The summed E-state index contributed by atoms with van der Waals surface area (Å²) < 4.78 is 5.40. The van der Waals surface area contributed by atoms with Gasteiger partial charge in [-0.2, -0.15) is 5.10 Å². The molecule has 1 aromatic carbocycles. The van der Waals surface area contributed by atoms with E-state index in [2.05, 4.69) is 77.6 Å². The summed E-state index contributed by atoms with van der Waals surface area (Å²) in [6.45, 7) is 13.0. The maximum atomic E-state index is 12.7. The van der Waals surface area contributed by atoms with Gasteiger partial charge in [0.2, 0.25) is 5.91 Å². The number of rotatable bonds is 6. The molecule has 5 rings (SSSR count). The number of hydrogen-bond acceptors (Lipinski definition) is 8. The van der Waals surface area contributed by atoms with Gasteiger partial charge >= 0.3 is 0 Å². The molecule has 0 radical (unpaired) electrons. The minimum absolute atomic E-state index is 0.0216. The normalized spacial score (nSPS) is 22.0. The summed E-state index contributed by atoms with van der Waals surface area (Å²) in [5.41, 5.74) is 8.92. The number of hydrazone groups is 1. The van der Waals surface area contributed by atoms with E-state index in [0.717, 1.165) is 55.0 Å². The molecule has 2 atom stereocenters. The van der Waals surface area contributed by atoms with Crippen molar-refractivity contribution in [3.63, 3.8) is 0 Å². The molecule has 9 heteroatoms. The summed E-state index contributed by atoms with van der Waals surface area (Å²) in [6, 6.07) is 8.25. The molecule has 1 fully saturated rings. The van der Waals surface area contributed by atoms with Crippen molar-refractivity contribution in [1.82, 2.24) is 15.6 Å². The highest BCUT2D eigenvalue weighted by molar-refractivity contribution is 7.17. The molecule has 0 saturated carbocycles. The van der Waals surface area contributed by atoms with Crippen molar-refractivity contribution in [2.45, 2.75) is 46.3 Å². The maximum Gasteiger partial charge on any atom is 0.221 e. The van der Waals surface area contributed by atoms with Gasteiger partial charge in [-0.15, -0.1) is 11.3 Å². The summed E-state index contributed by atoms with van der Waals surface area (Å²) in [4.78, 5) is 23.8. The second-order valence-corrected chi connectivity index (χ2v) is 10.7. The molecule has 2 N–H and O–H groups in total. The number of anilines is 1. The average molecular weight is 495 g/mol. The van der Waals surface area contributed by atoms with E-state index in [1.54, 1.807) is 11.3 Å². The number of aliphatic imine (C=N–C) groups is 1. The monoisotopic (exact) mass is 494 g/mol. The standard InChI is InChI=1S/C26H34N6O2S/c1-16-5-7-20(8-6-16)24-23-17(2)18(3)35-26(23)32-19(4)29-30-25(32)21(28-24)15-27-22(33)9-10-31-11-13-34-14-12-31/h5-8,19,21,29H,9-15H2,1-4H3,(H,27,33)/t19?,21-/m0/s1. The van der Waals surface area contributed by atoms with Crippen LogP contribution in [0.15, 0.2) is 34.4 Å². The molecular weight excluding hydrogens is 460 g/mol. The Morgan fingerprint density at radius 2 is 1.94 bits per heavy atom. The van der Waals surface area contributed by atoms with Crippen molar-refractivity contribution >= 4 is 33.8 Å². The highest BCUT2D eigenvalue weighted by atomic mass is 32.1. The number of nitrogens with zero attached hydrogens (tertiary/aromatic N) is 4. The molecule has 1 amide bonds. The van der Waals surface area contributed by atoms with Crippen LogP contribution in [-0.4, -0.2) is 74.0 Å². The highest BCUT2D eigenvalue weighted by Crippen LogP contribution is 2.41. The molecule has 3 aliphatic heterocycles. The first kappa shape index (κ1) is 24.0. The van der Waals surface area contributed by atoms with Crippen LogP contribution in [0.2, 0.25) is 0 Å². The van der Waals surface area contributed by atoms with Gasteiger partial charge < -0.3 is 10.1 Å². The smallest absolute Gasteiger partial charge is 0.221 e. The fraction of sp³-hybridized carbons (Fsp3) is 0.500. The van der Waals surface area contributed by atoms with Crippen molar-refractivity contribution in [3.8, 4) is 0 Å². The number of nitrogens with one attached hydrogen (secondary N) is 2. The minimum atomic E-state index is -0.282. The number of morpholine rings is 1. The predicted molar refractivity (Wildman–Crippen MR) is 142 cm³/mol. The Kier molecular flexibility index (Phi) is 6.91. The molecule has 35 heavy (non-hydrogen) atoms. The fourth-order valence-electron chi connectivity index (χ4n) is 4.77. The molecule has 4 heterocycles. The van der Waals surface area contributed by atoms with E-state index in [-0.39, 0.29) is 18.1 Å². The second-order valence-electron chi connectivity index (χ2n) is 9.48. The topological polar surface area (TPSA) is 81.6 Å². The summed E-state index contributed by atoms with van der Waals surface area (Å²) in [7, 11) is 0. The lowest BCUT2D eigenvalue weighted by Crippen LogP contribution is -2.45. The molecule has 1 aromatic heterocycles. The molecule has 0 bridgehead atoms. The molecule has 2 aromatic rings. The van der Waals surface area contributed by atoms with Gasteiger partial charge in [0.1, 0.15) is 17.2 Å². The van der Waals surface area contributed by atoms with Crippen LogP contribution in [-0.2, 0) is 9.53 Å². The van der Waals surface area contributed by atoms with Crippen molar-refractivity contribution in [1.29, 1.82) is 0 Å². The Labute approximate surface area is 211 Å². The van der Waals surface area contributed by atoms with Gasteiger partial charge in [-0.3, -0.25) is 25.0 Å². The van der Waals surface area contributed by atoms with E-state index in [1.165, 1.54) is 21.6 Å². The van der Waals surface area contributed by atoms with Gasteiger partial charge in [0.05, 0.1) is 18.9 Å². The summed E-state index contributed by atoms with van der Waals surface area (Å²) in [5, 5.41) is 8.98. The van der Waals surface area contributed by atoms with Crippen LogP contribution >= 0.6 is 11.3 Å². The number of benzene rings is 1. The number of thiophene rings is 1. The first-order valence-electron chi connectivity index (χ1n) is 12.4. The van der Waals surface area contributed by atoms with E-state index >= 15 is 0 Å². The number of carbonyl (C=O) groups excluding carboxylic acids is 1. The zero-order valence-electron chi connectivity index (χ0n) is 20.9. The maximum absolute atomic E-state index is 12.7. The first-order chi connectivity index (χ1) is 16.9. The number of ether oxygens (including phenoxy) is 1. The number of carbonyl (C=O) groups is 1. The molecule has 3 aliphatic rings. The van der Waals surface area contributed by atoms with Crippen molar-refractivity contribution in [3.05, 3.63) is 51.4 Å². The lowest BCUT2D eigenvalue weighted by atomic mass is 9.99. The predicted octanol–water partition coefficient (Wildman–Crippen LogP) is 2.80. The third kappa shape index (κ3) is 4.85. The second kappa shape index (κ2) is 10.1. The minimum Gasteiger partial charge on any atom is -0.379 e. The van der Waals surface area contributed by atoms with Crippen LogP contribution < -0.4 is 15.6 Å². The fourth-order valence-corrected chi connectivity index (χ4v) is 6.02. The van der Waals surface area contributed by atoms with Gasteiger partial charge in [-0.1, -0.05) is 29.8 Å². The molecular formula is C26H34N6O2S. The van der Waals surface area contributed by atoms with E-state index in [1.807, 2.05) is 0 Å². The number of fused-ring (bicyclic) bond motifs is 3. The molecule has 1 unspecified atom stereocenters. The number of hydrogen-bond donors (Lipinski definition) is 2. The third-order valence-electron chi connectivity index (χ3n) is 6.98. The van der Waals surface area contributed by atoms with Gasteiger partial charge in [0.25, 0.3) is 0 Å². The van der Waals surface area contributed by atoms with Crippen LogP contribution in [0.1, 0.15) is 40.5 Å². The highest BCUT2D eigenvalue weighted by Gasteiger charge is 2.38. The summed E-state index contributed by atoms with van der Waals surface area (Å²) in [5.74, 6) is 0.899. The molecule has 8 nitrogen and oxygen atoms in total. The number of aryl methyl sites for hydroxylation is 2. The molecule has 0 aliphatic carbocycles. The van der Waals surface area contributed by atoms with Crippen molar-refractivity contribution in [2.75, 3.05) is 44.3 Å². The van der Waals surface area contributed by atoms with Crippen LogP contribution in [0.5, 0.6) is 0 Å². The SMILES string of the molecule is Cc1ccc(C2=N[C@@H](CNC(=O)CCN3CCOCC3)C3=NNC(C)N3c3sc(C)c(C)c32)cc1. The van der Waals surface area contributed by atoms with Crippen molar-refractivity contribution < 1.29 is 9.53 Å². The van der Waals surface area contributed by atoms with Gasteiger partial charge in [-0.05, 0) is 33.3 Å². The van der Waals surface area contributed by atoms with E-state index in [4.69, 9.17) is 9.73 Å². The van der Waals surface area contributed by atoms with E-state index < -0.39 is 0 Å². The Hall–Kier alpha value is -2.75. The van der Waals surface area contributed by atoms with Crippen LogP contribution in [0.4, 0.5) is 5.00 Å². The average Bonchev–Trinajstić information content (AvgIpc) is 3.33. The molecule has 0 spiro atoms. The van der Waals surface area contributed by atoms with E-state index in [9.17, 15) is 4.79 Å². The Bertz CT molecular complexity index is 1150. The van der Waals surface area contributed by atoms with Gasteiger partial charge in [0.15, 0.2) is 5.84 Å². The Morgan fingerprint density at radius 1 is 1.20 bits per heavy atom. The zero-order chi connectivity index (χ0) is 24.5. The third-order valence-corrected chi connectivity index (χ3v) is 8.19. The van der Waals surface area contributed by atoms with Crippen LogP contribution in [0.25, 0.3) is 0 Å². The number of amides is 1. The van der Waals surface area contributed by atoms with Gasteiger partial charge in [-0.25, -0.2) is 0 Å². The Balaban J connectivity index is 1.43.